The molecule has 212 valence electrons. The second kappa shape index (κ2) is 16.5. The fraction of sp³-hybridized carbons (Fsp3) is 0.667. The van der Waals surface area contributed by atoms with Gasteiger partial charge in [0.05, 0.1) is 13.0 Å². The van der Waals surface area contributed by atoms with Gasteiger partial charge in [0.25, 0.3) is 5.91 Å². The third-order valence-corrected chi connectivity index (χ3v) is 7.28. The number of rotatable bonds is 14. The molecule has 2 N–H and O–H groups in total. The minimum Gasteiger partial charge on any atom is -0.466 e. The molecule has 1 fully saturated rings. The Morgan fingerprint density at radius 1 is 1.00 bits per heavy atom. The van der Waals surface area contributed by atoms with Crippen LogP contribution in [0.4, 0.5) is 0 Å². The van der Waals surface area contributed by atoms with Crippen molar-refractivity contribution in [2.45, 2.75) is 110 Å². The number of carbonyl (C=O) groups is 3. The molecule has 0 aromatic heterocycles. The molecule has 1 atom stereocenters. The van der Waals surface area contributed by atoms with E-state index in [1.165, 1.54) is 44.9 Å². The lowest BCUT2D eigenvalue weighted by Gasteiger charge is -2.36. The number of esters is 1. The molecular formula is C30H47N3O4S. The van der Waals surface area contributed by atoms with E-state index in [9.17, 15) is 14.4 Å². The Bertz CT molecular complexity index is 911. The van der Waals surface area contributed by atoms with Gasteiger partial charge in [-0.05, 0) is 41.7 Å². The molecule has 8 heteroatoms. The van der Waals surface area contributed by atoms with Crippen LogP contribution in [0.15, 0.2) is 24.3 Å². The summed E-state index contributed by atoms with van der Waals surface area (Å²) in [6.07, 6.45) is 12.0. The van der Waals surface area contributed by atoms with Gasteiger partial charge in [-0.15, -0.1) is 0 Å². The summed E-state index contributed by atoms with van der Waals surface area (Å²) >= 11 is 5.47. The predicted octanol–water partition coefficient (Wildman–Crippen LogP) is 5.65. The van der Waals surface area contributed by atoms with Crippen LogP contribution in [0.3, 0.4) is 0 Å². The van der Waals surface area contributed by atoms with Crippen LogP contribution in [0.5, 0.6) is 0 Å². The van der Waals surface area contributed by atoms with E-state index in [1.54, 1.807) is 17.0 Å². The van der Waals surface area contributed by atoms with Crippen molar-refractivity contribution in [2.75, 3.05) is 19.7 Å². The van der Waals surface area contributed by atoms with Crippen molar-refractivity contribution in [3.8, 4) is 0 Å². The number of nitrogens with one attached hydrogen (secondary N) is 2. The number of hydrogen-bond donors (Lipinski definition) is 2. The summed E-state index contributed by atoms with van der Waals surface area (Å²) in [7, 11) is 0. The lowest BCUT2D eigenvalue weighted by molar-refractivity contribution is -0.147. The maximum absolute atomic E-state index is 12.8. The van der Waals surface area contributed by atoms with Crippen molar-refractivity contribution in [3.05, 3.63) is 35.4 Å². The fourth-order valence-electron chi connectivity index (χ4n) is 4.52. The standard InChI is InChI=1S/C30H47N3O4S/c1-5-6-7-8-9-10-11-12-13-14-21-37-26(34)22-25-28(36)31-19-20-33(25)29(38)32-27(35)23-15-17-24(18-16-23)30(2,3)4/h15-18,25H,5-14,19-22H2,1-4H3,(H,31,36)(H,32,35,38). The first-order valence-corrected chi connectivity index (χ1v) is 14.7. The molecule has 1 aliphatic rings. The van der Waals surface area contributed by atoms with E-state index in [-0.39, 0.29) is 28.8 Å². The fourth-order valence-corrected chi connectivity index (χ4v) is 4.83. The molecule has 0 bridgehead atoms. The van der Waals surface area contributed by atoms with Crippen molar-refractivity contribution in [1.82, 2.24) is 15.5 Å². The van der Waals surface area contributed by atoms with Crippen LogP contribution in [0.2, 0.25) is 0 Å². The largest absolute Gasteiger partial charge is 0.466 e. The number of ether oxygens (including phenoxy) is 1. The van der Waals surface area contributed by atoms with E-state index in [2.05, 4.69) is 38.3 Å². The molecule has 1 aliphatic heterocycles. The van der Waals surface area contributed by atoms with Crippen molar-refractivity contribution < 1.29 is 19.1 Å². The van der Waals surface area contributed by atoms with Gasteiger partial charge in [-0.25, -0.2) is 0 Å². The highest BCUT2D eigenvalue weighted by atomic mass is 32.1. The zero-order valence-corrected chi connectivity index (χ0v) is 24.6. The van der Waals surface area contributed by atoms with Crippen molar-refractivity contribution in [2.24, 2.45) is 0 Å². The smallest absolute Gasteiger partial charge is 0.308 e. The Hall–Kier alpha value is -2.48. The number of carbonyl (C=O) groups excluding carboxylic acids is 3. The summed E-state index contributed by atoms with van der Waals surface area (Å²) in [5.41, 5.74) is 1.59. The van der Waals surface area contributed by atoms with Gasteiger partial charge in [0.1, 0.15) is 6.04 Å². The van der Waals surface area contributed by atoms with Crippen LogP contribution in [0, 0.1) is 0 Å². The Morgan fingerprint density at radius 2 is 1.58 bits per heavy atom. The summed E-state index contributed by atoms with van der Waals surface area (Å²) in [6.45, 7) is 9.72. The molecule has 38 heavy (non-hydrogen) atoms. The maximum atomic E-state index is 12.8. The van der Waals surface area contributed by atoms with Crippen molar-refractivity contribution in [3.63, 3.8) is 0 Å². The summed E-state index contributed by atoms with van der Waals surface area (Å²) in [4.78, 5) is 39.4. The number of thiocarbonyl (C=S) groups is 1. The first-order chi connectivity index (χ1) is 18.1. The topological polar surface area (TPSA) is 87.7 Å². The van der Waals surface area contributed by atoms with E-state index >= 15 is 0 Å². The number of piperazine rings is 1. The van der Waals surface area contributed by atoms with Crippen LogP contribution in [0.25, 0.3) is 0 Å². The Balaban J connectivity index is 1.75. The highest BCUT2D eigenvalue weighted by molar-refractivity contribution is 7.80. The molecular weight excluding hydrogens is 498 g/mol. The molecule has 1 heterocycles. The molecule has 1 unspecified atom stereocenters. The molecule has 0 spiro atoms. The SMILES string of the molecule is CCCCCCCCCCCCOC(=O)CC1C(=O)NCCN1C(=S)NC(=O)c1ccc(C(C)(C)C)cc1. The molecule has 0 aliphatic carbocycles. The van der Waals surface area contributed by atoms with Crippen LogP contribution in [-0.2, 0) is 19.7 Å². The first kappa shape index (κ1) is 31.7. The third kappa shape index (κ3) is 11.1. The maximum Gasteiger partial charge on any atom is 0.308 e. The van der Waals surface area contributed by atoms with E-state index in [1.807, 2.05) is 12.1 Å². The summed E-state index contributed by atoms with van der Waals surface area (Å²) in [5, 5.41) is 5.64. The monoisotopic (exact) mass is 545 g/mol. The number of amides is 2. The van der Waals surface area contributed by atoms with Crippen LogP contribution >= 0.6 is 12.2 Å². The molecule has 0 saturated carbocycles. The Morgan fingerprint density at radius 3 is 2.16 bits per heavy atom. The minimum absolute atomic E-state index is 0.0130. The van der Waals surface area contributed by atoms with Gasteiger partial charge >= 0.3 is 5.97 Å². The molecule has 7 nitrogen and oxygen atoms in total. The number of unbranched alkanes of at least 4 members (excludes halogenated alkanes) is 9. The lowest BCUT2D eigenvalue weighted by atomic mass is 9.87. The number of benzene rings is 1. The van der Waals surface area contributed by atoms with Crippen molar-refractivity contribution in [1.29, 1.82) is 0 Å². The first-order valence-electron chi connectivity index (χ1n) is 14.3. The van der Waals surface area contributed by atoms with E-state index in [0.717, 1.165) is 24.8 Å². The number of hydrogen-bond acceptors (Lipinski definition) is 5. The molecule has 1 aromatic carbocycles. The van der Waals surface area contributed by atoms with Gasteiger partial charge in [0, 0.05) is 18.7 Å². The number of nitrogens with zero attached hydrogens (tertiary/aromatic N) is 1. The Kier molecular flexibility index (Phi) is 13.8. The summed E-state index contributed by atoms with van der Waals surface area (Å²) < 4.78 is 5.41. The summed E-state index contributed by atoms with van der Waals surface area (Å²) in [6, 6.07) is 6.59. The average Bonchev–Trinajstić information content (AvgIpc) is 2.88. The van der Waals surface area contributed by atoms with Crippen LogP contribution < -0.4 is 10.6 Å². The highest BCUT2D eigenvalue weighted by Crippen LogP contribution is 2.22. The quantitative estimate of drug-likeness (QED) is 0.178. The zero-order valence-electron chi connectivity index (χ0n) is 23.8. The lowest BCUT2D eigenvalue weighted by Crippen LogP contribution is -2.60. The minimum atomic E-state index is -0.806. The third-order valence-electron chi connectivity index (χ3n) is 6.95. The van der Waals surface area contributed by atoms with Crippen LogP contribution in [0.1, 0.15) is 114 Å². The van der Waals surface area contributed by atoms with Gasteiger partial charge in [-0.2, -0.15) is 0 Å². The normalized spacial score (nSPS) is 15.6. The molecule has 1 aromatic rings. The summed E-state index contributed by atoms with van der Waals surface area (Å²) in [5.74, 6) is -1.07. The van der Waals surface area contributed by atoms with Crippen LogP contribution in [-0.4, -0.2) is 53.5 Å². The second-order valence-electron chi connectivity index (χ2n) is 11.2. The predicted molar refractivity (Wildman–Crippen MR) is 156 cm³/mol. The van der Waals surface area contributed by atoms with Crippen molar-refractivity contribution >= 4 is 35.1 Å². The van der Waals surface area contributed by atoms with E-state index in [0.29, 0.717) is 25.3 Å². The molecule has 2 amide bonds. The molecule has 1 saturated heterocycles. The van der Waals surface area contributed by atoms with Gasteiger partial charge in [0.2, 0.25) is 5.91 Å². The average molecular weight is 546 g/mol. The second-order valence-corrected chi connectivity index (χ2v) is 11.6. The van der Waals surface area contributed by atoms with Gasteiger partial charge in [-0.1, -0.05) is 97.6 Å². The van der Waals surface area contributed by atoms with Gasteiger partial charge in [-0.3, -0.25) is 19.7 Å². The Labute approximate surface area is 234 Å². The molecule has 2 rings (SSSR count). The van der Waals surface area contributed by atoms with Gasteiger partial charge < -0.3 is 15.0 Å². The van der Waals surface area contributed by atoms with Gasteiger partial charge in [0.15, 0.2) is 5.11 Å². The molecule has 0 radical (unpaired) electrons. The highest BCUT2D eigenvalue weighted by Gasteiger charge is 2.34. The van der Waals surface area contributed by atoms with E-state index < -0.39 is 12.0 Å². The zero-order chi connectivity index (χ0) is 28.0. The van der Waals surface area contributed by atoms with E-state index in [4.69, 9.17) is 17.0 Å².